The molecule has 2 heterocycles. The van der Waals surface area contributed by atoms with E-state index in [1.165, 1.54) is 11.1 Å². The largest absolute Gasteiger partial charge is 0.368 e. The van der Waals surface area contributed by atoms with Crippen molar-refractivity contribution in [2.24, 2.45) is 5.73 Å². The standard InChI is InChI=1S/C18H20N2O2.C18H18N2O/c1-20-9-10-22-17(13-5-3-2-4-6-13)16-11-14(18(19)21)7-8-15(16)12-20;1-19-16-9-8-15-13-20(2)10-11-21-18(17(15)12-16)14-6-4-3-5-7-14/h2-8,11,17H,9-10,12H2,1H3,(H2,19,21);3-9,12,18H,10-11,13H2,2H3. The predicted molar refractivity (Wildman–Crippen MR) is 169 cm³/mol. The Balaban J connectivity index is 0.000000171. The highest BCUT2D eigenvalue weighted by Crippen LogP contribution is 2.34. The first-order valence-electron chi connectivity index (χ1n) is 14.6. The van der Waals surface area contributed by atoms with Gasteiger partial charge in [-0.1, -0.05) is 84.9 Å². The maximum Gasteiger partial charge on any atom is 0.248 e. The molecular weight excluding hydrogens is 536 g/mol. The molecule has 0 saturated carbocycles. The lowest BCUT2D eigenvalue weighted by atomic mass is 9.93. The number of nitrogens with two attached hydrogens (primary N) is 1. The lowest BCUT2D eigenvalue weighted by Crippen LogP contribution is -2.28. The third-order valence-corrected chi connectivity index (χ3v) is 7.85. The van der Waals surface area contributed by atoms with Gasteiger partial charge in [-0.05, 0) is 59.6 Å². The zero-order valence-electron chi connectivity index (χ0n) is 24.8. The zero-order chi connectivity index (χ0) is 30.2. The number of fused-ring (bicyclic) bond motifs is 2. The first-order chi connectivity index (χ1) is 20.9. The Kier molecular flexibility index (Phi) is 9.98. The lowest BCUT2D eigenvalue weighted by Gasteiger charge is -2.28. The average molecular weight is 575 g/mol. The summed E-state index contributed by atoms with van der Waals surface area (Å²) < 4.78 is 12.2. The molecule has 7 nitrogen and oxygen atoms in total. The molecule has 43 heavy (non-hydrogen) atoms. The molecule has 0 spiro atoms. The van der Waals surface area contributed by atoms with E-state index in [1.54, 1.807) is 6.07 Å². The normalized spacial score (nSPS) is 19.1. The highest BCUT2D eigenvalue weighted by Gasteiger charge is 2.23. The Labute approximate surface area is 254 Å². The number of likely N-dealkylation sites (N-methyl/N-ethyl adjacent to an activating group) is 2. The fourth-order valence-corrected chi connectivity index (χ4v) is 5.56. The van der Waals surface area contributed by atoms with Crippen molar-refractivity contribution in [2.75, 3.05) is 40.4 Å². The second-order valence-corrected chi connectivity index (χ2v) is 11.1. The monoisotopic (exact) mass is 574 g/mol. The van der Waals surface area contributed by atoms with Gasteiger partial charge in [0, 0.05) is 31.7 Å². The van der Waals surface area contributed by atoms with Gasteiger partial charge in [-0.2, -0.15) is 0 Å². The van der Waals surface area contributed by atoms with E-state index in [0.717, 1.165) is 48.4 Å². The minimum Gasteiger partial charge on any atom is -0.368 e. The molecule has 220 valence electrons. The highest BCUT2D eigenvalue weighted by molar-refractivity contribution is 5.93. The molecule has 4 aromatic carbocycles. The molecule has 0 bridgehead atoms. The third kappa shape index (κ3) is 7.56. The van der Waals surface area contributed by atoms with Crippen molar-refractivity contribution < 1.29 is 14.3 Å². The van der Waals surface area contributed by atoms with Crippen LogP contribution >= 0.6 is 0 Å². The van der Waals surface area contributed by atoms with Crippen LogP contribution in [0.1, 0.15) is 55.9 Å². The molecule has 4 aromatic rings. The molecule has 7 heteroatoms. The van der Waals surface area contributed by atoms with E-state index in [4.69, 9.17) is 21.8 Å². The van der Waals surface area contributed by atoms with Crippen molar-refractivity contribution in [1.82, 2.24) is 9.80 Å². The van der Waals surface area contributed by atoms with Crippen LogP contribution in [0.2, 0.25) is 0 Å². The quantitative estimate of drug-likeness (QED) is 0.298. The van der Waals surface area contributed by atoms with Crippen molar-refractivity contribution in [3.05, 3.63) is 147 Å². The Morgan fingerprint density at radius 2 is 1.23 bits per heavy atom. The number of hydrogen-bond acceptors (Lipinski definition) is 5. The predicted octanol–water partition coefficient (Wildman–Crippen LogP) is 6.13. The molecule has 0 fully saturated rings. The third-order valence-electron chi connectivity index (χ3n) is 7.85. The van der Waals surface area contributed by atoms with Crippen LogP contribution in [0, 0.1) is 6.57 Å². The van der Waals surface area contributed by atoms with Gasteiger partial charge in [-0.3, -0.25) is 14.6 Å². The van der Waals surface area contributed by atoms with Gasteiger partial charge in [0.05, 0.1) is 19.8 Å². The van der Waals surface area contributed by atoms with Crippen molar-refractivity contribution in [1.29, 1.82) is 0 Å². The topological polar surface area (TPSA) is 72.4 Å². The van der Waals surface area contributed by atoms with Crippen LogP contribution in [0.25, 0.3) is 4.85 Å². The van der Waals surface area contributed by atoms with E-state index in [1.807, 2.05) is 60.7 Å². The van der Waals surface area contributed by atoms with Crippen LogP contribution in [0.15, 0.2) is 97.1 Å². The summed E-state index contributed by atoms with van der Waals surface area (Å²) in [6.45, 7) is 12.1. The number of nitrogens with zero attached hydrogens (tertiary/aromatic N) is 3. The van der Waals surface area contributed by atoms with Crippen molar-refractivity contribution in [3.63, 3.8) is 0 Å². The van der Waals surface area contributed by atoms with E-state index in [2.05, 4.69) is 59.1 Å². The van der Waals surface area contributed by atoms with Crippen molar-refractivity contribution in [3.8, 4) is 0 Å². The van der Waals surface area contributed by atoms with Gasteiger partial charge < -0.3 is 15.2 Å². The average Bonchev–Trinajstić information content (AvgIpc) is 3.01. The number of rotatable bonds is 3. The summed E-state index contributed by atoms with van der Waals surface area (Å²) in [7, 11) is 4.16. The number of carbonyl (C=O) groups is 1. The van der Waals surface area contributed by atoms with E-state index < -0.39 is 5.91 Å². The molecule has 1 amide bonds. The number of ether oxygens (including phenoxy) is 2. The molecule has 2 aliphatic heterocycles. The molecule has 2 aliphatic rings. The summed E-state index contributed by atoms with van der Waals surface area (Å²) >= 11 is 0. The minimum atomic E-state index is -0.412. The van der Waals surface area contributed by atoms with E-state index in [-0.39, 0.29) is 12.2 Å². The van der Waals surface area contributed by atoms with Crippen LogP contribution in [-0.2, 0) is 22.6 Å². The van der Waals surface area contributed by atoms with Gasteiger partial charge in [0.25, 0.3) is 0 Å². The van der Waals surface area contributed by atoms with Crippen LogP contribution < -0.4 is 5.73 Å². The molecule has 2 N–H and O–H groups in total. The molecule has 2 atom stereocenters. The number of benzene rings is 4. The number of primary amides is 1. The summed E-state index contributed by atoms with van der Waals surface area (Å²) in [4.78, 5) is 19.5. The van der Waals surface area contributed by atoms with E-state index in [0.29, 0.717) is 24.5 Å². The van der Waals surface area contributed by atoms with Gasteiger partial charge in [-0.25, -0.2) is 4.85 Å². The molecule has 0 aromatic heterocycles. The second-order valence-electron chi connectivity index (χ2n) is 11.1. The number of amides is 1. The van der Waals surface area contributed by atoms with Gasteiger partial charge in [0.15, 0.2) is 5.69 Å². The highest BCUT2D eigenvalue weighted by atomic mass is 16.5. The number of carbonyl (C=O) groups excluding carboxylic acids is 1. The Morgan fingerprint density at radius 1 is 0.744 bits per heavy atom. The molecule has 0 saturated heterocycles. The fourth-order valence-electron chi connectivity index (χ4n) is 5.56. The summed E-state index contributed by atoms with van der Waals surface area (Å²) in [6, 6.07) is 31.9. The van der Waals surface area contributed by atoms with E-state index in [9.17, 15) is 4.79 Å². The fraction of sp³-hybridized carbons (Fsp3) is 0.278. The van der Waals surface area contributed by atoms with Crippen LogP contribution in [-0.4, -0.2) is 56.1 Å². The lowest BCUT2D eigenvalue weighted by molar-refractivity contribution is 0.0553. The number of hydrogen-bond donors (Lipinski definition) is 1. The summed E-state index contributed by atoms with van der Waals surface area (Å²) in [6.07, 6.45) is -0.249. The second kappa shape index (κ2) is 14.2. The summed E-state index contributed by atoms with van der Waals surface area (Å²) in [5.74, 6) is -0.412. The maximum absolute atomic E-state index is 11.5. The van der Waals surface area contributed by atoms with Gasteiger partial charge in [0.2, 0.25) is 5.91 Å². The first-order valence-corrected chi connectivity index (χ1v) is 14.6. The maximum atomic E-state index is 11.5. The summed E-state index contributed by atoms with van der Waals surface area (Å²) in [5, 5.41) is 0. The zero-order valence-corrected chi connectivity index (χ0v) is 24.8. The van der Waals surface area contributed by atoms with Gasteiger partial charge >= 0.3 is 0 Å². The summed E-state index contributed by atoms with van der Waals surface area (Å²) in [5.41, 5.74) is 13.4. The van der Waals surface area contributed by atoms with Crippen molar-refractivity contribution in [2.45, 2.75) is 25.3 Å². The molecule has 6 rings (SSSR count). The molecule has 2 unspecified atom stereocenters. The van der Waals surface area contributed by atoms with Crippen LogP contribution in [0.3, 0.4) is 0 Å². The van der Waals surface area contributed by atoms with E-state index >= 15 is 0 Å². The smallest absolute Gasteiger partial charge is 0.248 e. The van der Waals surface area contributed by atoms with Crippen molar-refractivity contribution >= 4 is 11.6 Å². The Morgan fingerprint density at radius 3 is 1.72 bits per heavy atom. The van der Waals surface area contributed by atoms with Crippen LogP contribution in [0.5, 0.6) is 0 Å². The Hall–Kier alpha value is -4.32. The van der Waals surface area contributed by atoms with Gasteiger partial charge in [0.1, 0.15) is 12.2 Å². The molecule has 0 radical (unpaired) electrons. The SMILES string of the molecule is CN1CCOC(c2ccccc2)c2cc(C(N)=O)ccc2C1.[C-]#[N+]c1ccc2c(c1)C(c1ccccc1)OCCN(C)C2. The first kappa shape index (κ1) is 30.1. The van der Waals surface area contributed by atoms with Gasteiger partial charge in [-0.15, -0.1) is 0 Å². The molecular formula is C36H38N4O3. The van der Waals surface area contributed by atoms with Crippen LogP contribution in [0.4, 0.5) is 5.69 Å². The molecule has 0 aliphatic carbocycles. The minimum absolute atomic E-state index is 0.0865. The Bertz CT molecular complexity index is 1570.